The van der Waals surface area contributed by atoms with E-state index in [1.807, 2.05) is 77.8 Å². The van der Waals surface area contributed by atoms with Crippen LogP contribution in [0, 0.1) is 0 Å². The molecule has 0 saturated carbocycles. The molecule has 4 aromatic rings. The highest BCUT2D eigenvalue weighted by Gasteiger charge is 2.29. The second-order valence-corrected chi connectivity index (χ2v) is 9.07. The van der Waals surface area contributed by atoms with Gasteiger partial charge >= 0.3 is 0 Å². The van der Waals surface area contributed by atoms with Crippen LogP contribution in [0.15, 0.2) is 108 Å². The summed E-state index contributed by atoms with van der Waals surface area (Å²) in [6, 6.07) is 26.8. The molecule has 0 spiro atoms. The number of hydrogen-bond acceptors (Lipinski definition) is 5. The Balaban J connectivity index is 1.36. The molecule has 2 heterocycles. The molecule has 178 valence electrons. The fourth-order valence-electron chi connectivity index (χ4n) is 3.95. The predicted molar refractivity (Wildman–Crippen MR) is 145 cm³/mol. The van der Waals surface area contributed by atoms with Gasteiger partial charge < -0.3 is 0 Å². The number of amides is 1. The number of benzene rings is 3. The zero-order valence-electron chi connectivity index (χ0n) is 19.1. The topological polar surface area (TPSA) is 70.0 Å². The van der Waals surface area contributed by atoms with Crippen molar-refractivity contribution in [2.24, 2.45) is 10.2 Å². The van der Waals surface area contributed by atoms with E-state index in [1.165, 1.54) is 6.20 Å². The molecule has 3 aromatic carbocycles. The number of nitrogens with one attached hydrogen (secondary N) is 1. The zero-order chi connectivity index (χ0) is 24.9. The molecule has 5 rings (SSSR count). The lowest BCUT2D eigenvalue weighted by molar-refractivity contribution is 0.0955. The van der Waals surface area contributed by atoms with Crippen molar-refractivity contribution >= 4 is 46.7 Å². The maximum Gasteiger partial charge on any atom is 0.272 e. The van der Waals surface area contributed by atoms with Gasteiger partial charge in [0, 0.05) is 28.9 Å². The molecule has 0 aliphatic carbocycles. The van der Waals surface area contributed by atoms with Crippen LogP contribution >= 0.6 is 23.2 Å². The number of halogens is 2. The third-order valence-electron chi connectivity index (χ3n) is 5.80. The molecule has 8 heteroatoms. The van der Waals surface area contributed by atoms with E-state index in [0.717, 1.165) is 34.5 Å². The van der Waals surface area contributed by atoms with Crippen molar-refractivity contribution in [3.8, 4) is 0 Å². The van der Waals surface area contributed by atoms with Crippen LogP contribution in [0.2, 0.25) is 10.0 Å². The first-order chi connectivity index (χ1) is 17.6. The number of hydrogen-bond donors (Lipinski definition) is 1. The molecule has 1 atom stereocenters. The molecule has 0 radical (unpaired) electrons. The Morgan fingerprint density at radius 3 is 2.31 bits per heavy atom. The van der Waals surface area contributed by atoms with Gasteiger partial charge in [0.05, 0.1) is 29.2 Å². The van der Waals surface area contributed by atoms with Gasteiger partial charge in [0.1, 0.15) is 0 Å². The molecular weight excluding hydrogens is 493 g/mol. The van der Waals surface area contributed by atoms with Gasteiger partial charge in [0.15, 0.2) is 0 Å². The van der Waals surface area contributed by atoms with Gasteiger partial charge in [-0.15, -0.1) is 0 Å². The zero-order valence-corrected chi connectivity index (χ0v) is 20.6. The van der Waals surface area contributed by atoms with E-state index in [1.54, 1.807) is 24.5 Å². The SMILES string of the molecule is O=C(NN=Cc1ccc(N2N=C(c3ccc(Cl)cc3)CC2c2ccc(Cl)cc2)cc1)c1cccnc1. The first-order valence-corrected chi connectivity index (χ1v) is 12.0. The summed E-state index contributed by atoms with van der Waals surface area (Å²) in [5, 5.41) is 12.4. The Morgan fingerprint density at radius 2 is 1.64 bits per heavy atom. The summed E-state index contributed by atoms with van der Waals surface area (Å²) in [6.07, 6.45) is 5.45. The van der Waals surface area contributed by atoms with Crippen LogP contribution in [0.5, 0.6) is 0 Å². The van der Waals surface area contributed by atoms with Gasteiger partial charge in [-0.3, -0.25) is 14.8 Å². The Morgan fingerprint density at radius 1 is 0.944 bits per heavy atom. The summed E-state index contributed by atoms with van der Waals surface area (Å²) in [7, 11) is 0. The lowest BCUT2D eigenvalue weighted by Crippen LogP contribution is -2.18. The lowest BCUT2D eigenvalue weighted by atomic mass is 9.98. The number of carbonyl (C=O) groups excluding carboxylic acids is 1. The molecule has 6 nitrogen and oxygen atoms in total. The number of hydrazone groups is 2. The summed E-state index contributed by atoms with van der Waals surface area (Å²) >= 11 is 12.2. The highest BCUT2D eigenvalue weighted by molar-refractivity contribution is 6.31. The number of anilines is 1. The fraction of sp³-hybridized carbons (Fsp3) is 0.0714. The van der Waals surface area contributed by atoms with E-state index in [9.17, 15) is 4.79 Å². The first-order valence-electron chi connectivity index (χ1n) is 11.3. The van der Waals surface area contributed by atoms with Crippen LogP contribution < -0.4 is 10.4 Å². The Bertz CT molecular complexity index is 1400. The Hall–Kier alpha value is -4.00. The van der Waals surface area contributed by atoms with Crippen molar-refractivity contribution in [3.63, 3.8) is 0 Å². The van der Waals surface area contributed by atoms with Crippen LogP contribution in [-0.4, -0.2) is 22.8 Å². The van der Waals surface area contributed by atoms with Crippen molar-refractivity contribution in [1.82, 2.24) is 10.4 Å². The normalized spacial score (nSPS) is 15.2. The summed E-state index contributed by atoms with van der Waals surface area (Å²) in [5.74, 6) is -0.317. The van der Waals surface area contributed by atoms with Crippen molar-refractivity contribution in [3.05, 3.63) is 130 Å². The summed E-state index contributed by atoms with van der Waals surface area (Å²) in [6.45, 7) is 0. The highest BCUT2D eigenvalue weighted by Crippen LogP contribution is 2.37. The minimum absolute atomic E-state index is 0.0197. The maximum absolute atomic E-state index is 12.1. The molecule has 36 heavy (non-hydrogen) atoms. The maximum atomic E-state index is 12.1. The smallest absolute Gasteiger partial charge is 0.267 e. The minimum Gasteiger partial charge on any atom is -0.267 e. The molecular formula is C28H21Cl2N5O. The standard InChI is InChI=1S/C28H21Cl2N5O/c29-23-9-5-20(6-10-23)26-16-27(21-7-11-24(30)12-8-21)35(34-26)25-13-3-19(4-14-25)17-32-33-28(36)22-2-1-15-31-18-22/h1-15,17-18,27H,16H2,(H,33,36). The monoisotopic (exact) mass is 513 g/mol. The Kier molecular flexibility index (Phi) is 7.07. The Labute approximate surface area is 218 Å². The van der Waals surface area contributed by atoms with E-state index in [2.05, 4.69) is 15.5 Å². The molecule has 1 amide bonds. The summed E-state index contributed by atoms with van der Waals surface area (Å²) < 4.78 is 0. The molecule has 1 N–H and O–H groups in total. The predicted octanol–water partition coefficient (Wildman–Crippen LogP) is 6.51. The van der Waals surface area contributed by atoms with Gasteiger partial charge in [0.25, 0.3) is 5.91 Å². The molecule has 0 fully saturated rings. The summed E-state index contributed by atoms with van der Waals surface area (Å²) in [5.41, 5.74) is 7.88. The molecule has 0 bridgehead atoms. The van der Waals surface area contributed by atoms with Crippen LogP contribution in [-0.2, 0) is 0 Å². The number of carbonyl (C=O) groups is 1. The molecule has 1 aliphatic heterocycles. The van der Waals surface area contributed by atoms with Crippen LogP contribution in [0.1, 0.15) is 39.5 Å². The van der Waals surface area contributed by atoms with Gasteiger partial charge in [0.2, 0.25) is 0 Å². The number of pyridine rings is 1. The number of rotatable bonds is 6. The van der Waals surface area contributed by atoms with Gasteiger partial charge in [-0.2, -0.15) is 10.2 Å². The van der Waals surface area contributed by atoms with E-state index in [4.69, 9.17) is 28.3 Å². The average Bonchev–Trinajstić information content (AvgIpc) is 3.36. The molecule has 1 aliphatic rings. The second-order valence-electron chi connectivity index (χ2n) is 8.20. The first kappa shape index (κ1) is 23.7. The van der Waals surface area contributed by atoms with E-state index < -0.39 is 0 Å². The van der Waals surface area contributed by atoms with Crippen LogP contribution in [0.3, 0.4) is 0 Å². The second kappa shape index (κ2) is 10.7. The van der Waals surface area contributed by atoms with Gasteiger partial charge in [-0.1, -0.05) is 59.6 Å². The van der Waals surface area contributed by atoms with Gasteiger partial charge in [-0.25, -0.2) is 5.43 Å². The molecule has 0 saturated heterocycles. The fourth-order valence-corrected chi connectivity index (χ4v) is 4.20. The third kappa shape index (κ3) is 5.46. The lowest BCUT2D eigenvalue weighted by Gasteiger charge is -2.24. The largest absolute Gasteiger partial charge is 0.272 e. The highest BCUT2D eigenvalue weighted by atomic mass is 35.5. The van der Waals surface area contributed by atoms with Crippen LogP contribution in [0.25, 0.3) is 0 Å². The van der Waals surface area contributed by atoms with Crippen molar-refractivity contribution < 1.29 is 4.79 Å². The van der Waals surface area contributed by atoms with E-state index in [0.29, 0.717) is 15.6 Å². The van der Waals surface area contributed by atoms with Crippen molar-refractivity contribution in [2.45, 2.75) is 12.5 Å². The third-order valence-corrected chi connectivity index (χ3v) is 6.31. The molecule has 1 unspecified atom stereocenters. The minimum atomic E-state index is -0.317. The van der Waals surface area contributed by atoms with Crippen molar-refractivity contribution in [1.29, 1.82) is 0 Å². The number of aromatic nitrogens is 1. The average molecular weight is 514 g/mol. The van der Waals surface area contributed by atoms with Gasteiger partial charge in [-0.05, 0) is 65.2 Å². The van der Waals surface area contributed by atoms with Crippen molar-refractivity contribution in [2.75, 3.05) is 5.01 Å². The quantitative estimate of drug-likeness (QED) is 0.236. The van der Waals surface area contributed by atoms with E-state index >= 15 is 0 Å². The summed E-state index contributed by atoms with van der Waals surface area (Å²) in [4.78, 5) is 16.1. The number of nitrogens with zero attached hydrogens (tertiary/aromatic N) is 4. The van der Waals surface area contributed by atoms with Crippen LogP contribution in [0.4, 0.5) is 5.69 Å². The molecule has 1 aromatic heterocycles. The van der Waals surface area contributed by atoms with E-state index in [-0.39, 0.29) is 11.9 Å².